The average molecular weight is 903 g/mol. The number of benzene rings is 3. The van der Waals surface area contributed by atoms with Crippen molar-refractivity contribution in [1.29, 1.82) is 0 Å². The maximum absolute atomic E-state index is 16.7. The van der Waals surface area contributed by atoms with E-state index < -0.39 is 90.3 Å². The maximum atomic E-state index is 16.7. The van der Waals surface area contributed by atoms with Crippen molar-refractivity contribution in [3.8, 4) is 16.1 Å². The molecule has 1 fully saturated rings. The van der Waals surface area contributed by atoms with E-state index in [9.17, 15) is 31.5 Å². The predicted molar refractivity (Wildman–Crippen MR) is 214 cm³/mol. The van der Waals surface area contributed by atoms with Crippen LogP contribution in [0.15, 0.2) is 89.8 Å². The number of hydrogen-bond donors (Lipinski definition) is 2. The Kier molecular flexibility index (Phi) is 12.1. The van der Waals surface area contributed by atoms with Gasteiger partial charge in [-0.2, -0.15) is 18.3 Å². The normalized spacial score (nSPS) is 17.8. The second-order valence-corrected chi connectivity index (χ2v) is 17.1. The van der Waals surface area contributed by atoms with Gasteiger partial charge in [-0.05, 0) is 59.6 Å². The van der Waals surface area contributed by atoms with Crippen molar-refractivity contribution in [1.82, 2.24) is 35.3 Å². The minimum absolute atomic E-state index is 0.0158. The lowest BCUT2D eigenvalue weighted by Crippen LogP contribution is -2.51. The number of guanidine groups is 1. The van der Waals surface area contributed by atoms with E-state index >= 15 is 9.18 Å². The summed E-state index contributed by atoms with van der Waals surface area (Å²) in [6.45, 7) is 4.18. The first-order chi connectivity index (χ1) is 29.3. The molecule has 1 unspecified atom stereocenters. The molecule has 2 aromatic heterocycles. The Labute approximate surface area is 359 Å². The van der Waals surface area contributed by atoms with Crippen LogP contribution in [0.3, 0.4) is 0 Å². The summed E-state index contributed by atoms with van der Waals surface area (Å²) >= 11 is 7.75. The number of alkyl carbamates (subject to hydrolysis) is 2. The van der Waals surface area contributed by atoms with Crippen molar-refractivity contribution in [3.05, 3.63) is 118 Å². The van der Waals surface area contributed by atoms with Crippen LogP contribution < -0.4 is 10.6 Å². The molecule has 2 N–H and O–H groups in total. The van der Waals surface area contributed by atoms with Gasteiger partial charge in [0.1, 0.15) is 30.9 Å². The molecule has 3 aromatic carbocycles. The van der Waals surface area contributed by atoms with Gasteiger partial charge in [-0.3, -0.25) is 20.0 Å². The zero-order valence-electron chi connectivity index (χ0n) is 33.1. The molecule has 2 aliphatic rings. The fourth-order valence-electron chi connectivity index (χ4n) is 7.12. The number of amides is 3. The minimum Gasteiger partial charge on any atom is -0.447 e. The number of aliphatic imine (C=N–C) groups is 1. The lowest BCUT2D eigenvalue weighted by Gasteiger charge is -2.35. The maximum Gasteiger partial charge on any atom is 0.414 e. The van der Waals surface area contributed by atoms with Gasteiger partial charge >= 0.3 is 18.4 Å². The third-order valence-electron chi connectivity index (χ3n) is 10.1. The molecule has 5 aromatic rings. The van der Waals surface area contributed by atoms with E-state index in [1.54, 1.807) is 62.7 Å². The van der Waals surface area contributed by atoms with E-state index in [4.69, 9.17) is 26.1 Å². The number of halogens is 7. The van der Waals surface area contributed by atoms with Crippen LogP contribution in [0.2, 0.25) is 5.02 Å². The topological polar surface area (TPSA) is 153 Å². The first-order valence-corrected chi connectivity index (χ1v) is 20.2. The van der Waals surface area contributed by atoms with Gasteiger partial charge < -0.3 is 14.8 Å². The van der Waals surface area contributed by atoms with Crippen LogP contribution in [0.4, 0.5) is 35.9 Å². The third kappa shape index (κ3) is 9.11. The van der Waals surface area contributed by atoms with Gasteiger partial charge in [0.25, 0.3) is 12.3 Å². The fourth-order valence-corrected chi connectivity index (χ4v) is 7.93. The molecular weight excluding hydrogens is 866 g/mol. The molecule has 7 rings (SSSR count). The number of carbonyl (C=O) groups excluding carboxylic acids is 3. The molecule has 21 heteroatoms. The Morgan fingerprint density at radius 1 is 1.00 bits per heavy atom. The number of thiazole rings is 1. The Bertz CT molecular complexity index is 2490. The Balaban J connectivity index is 1.36. The van der Waals surface area contributed by atoms with Gasteiger partial charge in [0.15, 0.2) is 11.4 Å². The Hall–Kier alpha value is -6.02. The number of rotatable bonds is 12. The van der Waals surface area contributed by atoms with Crippen LogP contribution in [0.5, 0.6) is 0 Å². The first kappa shape index (κ1) is 44.0. The molecule has 62 heavy (non-hydrogen) atoms. The molecule has 1 aliphatic carbocycles. The van der Waals surface area contributed by atoms with Crippen molar-refractivity contribution in [2.24, 2.45) is 10.4 Å². The fraction of sp³-hybridized carbons (Fsp3) is 0.341. The lowest BCUT2D eigenvalue weighted by molar-refractivity contribution is -0.164. The zero-order valence-corrected chi connectivity index (χ0v) is 34.6. The number of nitrogens with zero attached hydrogens (tertiary/aromatic N) is 6. The van der Waals surface area contributed by atoms with Gasteiger partial charge in [-0.15, -0.1) is 11.3 Å². The molecule has 0 spiro atoms. The molecule has 0 bridgehead atoms. The Morgan fingerprint density at radius 3 is 2.37 bits per heavy atom. The van der Waals surface area contributed by atoms with E-state index in [2.05, 4.69) is 20.4 Å². The summed E-state index contributed by atoms with van der Waals surface area (Å²) in [4.78, 5) is 56.2. The third-order valence-corrected chi connectivity index (χ3v) is 11.3. The highest BCUT2D eigenvalue weighted by atomic mass is 35.5. The highest BCUT2D eigenvalue weighted by Gasteiger charge is 2.65. The molecule has 3 heterocycles. The predicted octanol–water partition coefficient (Wildman–Crippen LogP) is 9.44. The van der Waals surface area contributed by atoms with E-state index in [1.807, 2.05) is 5.32 Å². The van der Waals surface area contributed by atoms with Crippen molar-refractivity contribution >= 4 is 47.0 Å². The highest BCUT2D eigenvalue weighted by molar-refractivity contribution is 7.13. The molecule has 13 nitrogen and oxygen atoms in total. The lowest BCUT2D eigenvalue weighted by atomic mass is 9.75. The summed E-state index contributed by atoms with van der Waals surface area (Å²) in [5.74, 6) is -3.12. The molecule has 1 aliphatic heterocycles. The summed E-state index contributed by atoms with van der Waals surface area (Å²) in [6, 6.07) is 15.0. The Morgan fingerprint density at radius 2 is 1.74 bits per heavy atom. The smallest absolute Gasteiger partial charge is 0.414 e. The van der Waals surface area contributed by atoms with Crippen molar-refractivity contribution in [2.45, 2.75) is 76.4 Å². The van der Waals surface area contributed by atoms with Crippen LogP contribution in [-0.4, -0.2) is 67.0 Å². The van der Waals surface area contributed by atoms with Crippen LogP contribution >= 0.6 is 22.9 Å². The molecule has 2 atom stereocenters. The molecule has 0 radical (unpaired) electrons. The summed E-state index contributed by atoms with van der Waals surface area (Å²) in [7, 11) is 0. The number of carbonyl (C=O) groups is 3. The number of aromatic nitrogens is 4. The summed E-state index contributed by atoms with van der Waals surface area (Å²) < 4.78 is 98.1. The zero-order chi connectivity index (χ0) is 44.6. The molecule has 3 amide bonds. The van der Waals surface area contributed by atoms with Gasteiger partial charge in [0.05, 0.1) is 27.1 Å². The SMILES string of the molecule is CC(C)(C)CC1(c2ccc(-c3cncs3)cc2F)N=C(NC(=O)OCc2ccccc2)N([C@H](COC(=O)NC2(C(F)(F)F)CC2)c2ccc(Cl)c(-n3ncnc3C(F)F)c2)C1=O. The monoisotopic (exact) mass is 902 g/mol. The first-order valence-electron chi connectivity index (χ1n) is 18.9. The van der Waals surface area contributed by atoms with Crippen LogP contribution in [0.1, 0.15) is 75.0 Å². The van der Waals surface area contributed by atoms with Crippen molar-refractivity contribution in [3.63, 3.8) is 0 Å². The summed E-state index contributed by atoms with van der Waals surface area (Å²) in [6.07, 6.45) is -9.13. The van der Waals surface area contributed by atoms with Gasteiger partial charge in [-0.25, -0.2) is 37.4 Å². The number of alkyl halides is 5. The van der Waals surface area contributed by atoms with E-state index in [0.717, 1.165) is 15.9 Å². The van der Waals surface area contributed by atoms with Gasteiger partial charge in [0, 0.05) is 11.8 Å². The van der Waals surface area contributed by atoms with Crippen LogP contribution in [0.25, 0.3) is 16.1 Å². The van der Waals surface area contributed by atoms with E-state index in [1.165, 1.54) is 47.9 Å². The van der Waals surface area contributed by atoms with E-state index in [-0.39, 0.29) is 34.9 Å². The number of nitrogens with one attached hydrogen (secondary N) is 2. The average Bonchev–Trinajstić information content (AvgIpc) is 3.51. The summed E-state index contributed by atoms with van der Waals surface area (Å²) in [5, 5.41) is 8.11. The number of ether oxygens (including phenoxy) is 2. The summed E-state index contributed by atoms with van der Waals surface area (Å²) in [5.41, 5.74) is -3.24. The second-order valence-electron chi connectivity index (χ2n) is 15.8. The van der Waals surface area contributed by atoms with Crippen LogP contribution in [0, 0.1) is 11.2 Å². The molecule has 326 valence electrons. The quantitative estimate of drug-likeness (QED) is 0.118. The highest BCUT2D eigenvalue weighted by Crippen LogP contribution is 2.50. The molecular formula is C41H37ClF6N8O5S. The largest absolute Gasteiger partial charge is 0.447 e. The number of hydrogen-bond acceptors (Lipinski definition) is 10. The van der Waals surface area contributed by atoms with E-state index in [0.29, 0.717) is 16.0 Å². The molecule has 0 saturated heterocycles. The minimum atomic E-state index is -4.81. The van der Waals surface area contributed by atoms with Crippen molar-refractivity contribution < 1.29 is 50.2 Å². The van der Waals surface area contributed by atoms with Crippen LogP contribution in [-0.2, 0) is 26.4 Å². The van der Waals surface area contributed by atoms with Gasteiger partial charge in [-0.1, -0.05) is 80.9 Å². The van der Waals surface area contributed by atoms with Gasteiger partial charge in [0.2, 0.25) is 5.96 Å². The van der Waals surface area contributed by atoms with Crippen molar-refractivity contribution in [2.75, 3.05) is 6.61 Å². The molecule has 1 saturated carbocycles. The second kappa shape index (κ2) is 17.0. The standard InChI is InChI=1S/C41H37ClF6N8O5S/c1-38(2,3)20-40(26-11-9-25(15-28(26)43)31-17-49-22-62-31)34(57)55(35(53-40)52-36(58)60-18-23-7-5-4-6-8-23)30(19-61-37(59)54-39(13-14-39)41(46,47)48)24-10-12-27(42)29(16-24)56-33(32(44)45)50-21-51-56/h4-12,15-17,21-22,30,32H,13-14,18-20H2,1-3H3,(H,54,59)(H,52,53,58)/t30-,40?/m1/s1.